The maximum Gasteiger partial charge on any atom is 0.106 e. The van der Waals surface area contributed by atoms with Crippen LogP contribution in [0.4, 0.5) is 0 Å². The van der Waals surface area contributed by atoms with Crippen molar-refractivity contribution in [1.82, 2.24) is 5.32 Å². The van der Waals surface area contributed by atoms with E-state index in [9.17, 15) is 0 Å². The fourth-order valence-corrected chi connectivity index (χ4v) is 0.273. The zero-order valence-corrected chi connectivity index (χ0v) is 4.16. The first-order chi connectivity index (χ1) is 2.39. The van der Waals surface area contributed by atoms with Gasteiger partial charge in [0.25, 0.3) is 0 Å². The third kappa shape index (κ3) is 1.12. The lowest BCUT2D eigenvalue weighted by Gasteiger charge is -2.20. The summed E-state index contributed by atoms with van der Waals surface area (Å²) in [5.41, 5.74) is 0. The van der Waals surface area contributed by atoms with Crippen LogP contribution in [0, 0.1) is 0 Å². The Hall–Kier alpha value is 0.210. The third-order valence-corrected chi connectivity index (χ3v) is 0.798. The zero-order chi connectivity index (χ0) is 3.70. The van der Waals surface area contributed by atoms with Gasteiger partial charge in [0, 0.05) is 6.54 Å². The average Bonchev–Trinajstić information content (AvgIpc) is 1.30. The summed E-state index contributed by atoms with van der Waals surface area (Å²) in [5.74, 6) is 0. The van der Waals surface area contributed by atoms with Gasteiger partial charge in [-0.2, -0.15) is 0 Å². The highest BCUT2D eigenvalue weighted by Gasteiger charge is 2.09. The van der Waals surface area contributed by atoms with Crippen molar-refractivity contribution in [3.63, 3.8) is 0 Å². The van der Waals surface area contributed by atoms with E-state index in [1.54, 1.807) is 0 Å². The molecule has 0 spiro atoms. The predicted octanol–water partition coefficient (Wildman–Crippen LogP) is -0.280. The molecule has 1 saturated heterocycles. The monoisotopic (exact) mass is 109 g/mol. The fourth-order valence-electron chi connectivity index (χ4n) is 0.273. The second kappa shape index (κ2) is 2.39. The van der Waals surface area contributed by atoms with Crippen LogP contribution in [-0.2, 0) is 0 Å². The van der Waals surface area contributed by atoms with Crippen LogP contribution >= 0.6 is 12.4 Å². The molecule has 0 aromatic heterocycles. The number of aliphatic hydroxyl groups is 1. The molecule has 0 amide bonds. The first-order valence-corrected chi connectivity index (χ1v) is 1.81. The molecule has 0 aromatic carbocycles. The van der Waals surface area contributed by atoms with E-state index in [0.29, 0.717) is 0 Å². The van der Waals surface area contributed by atoms with E-state index in [2.05, 4.69) is 5.32 Å². The number of hydrogen-bond donors (Lipinski definition) is 2. The van der Waals surface area contributed by atoms with E-state index in [0.717, 1.165) is 13.0 Å². The molecule has 1 atom stereocenters. The van der Waals surface area contributed by atoms with Crippen LogP contribution in [0.2, 0.25) is 0 Å². The lowest BCUT2D eigenvalue weighted by molar-refractivity contribution is 0.0737. The molecular weight excluding hydrogens is 101 g/mol. The van der Waals surface area contributed by atoms with Crippen molar-refractivity contribution < 1.29 is 5.11 Å². The SMILES string of the molecule is Cl.OC1CCN1. The molecule has 3 heteroatoms. The van der Waals surface area contributed by atoms with Gasteiger partial charge in [-0.15, -0.1) is 12.4 Å². The lowest BCUT2D eigenvalue weighted by Crippen LogP contribution is -2.42. The second-order valence-corrected chi connectivity index (χ2v) is 1.26. The van der Waals surface area contributed by atoms with Gasteiger partial charge < -0.3 is 5.11 Å². The average molecular weight is 110 g/mol. The largest absolute Gasteiger partial charge is 0.379 e. The summed E-state index contributed by atoms with van der Waals surface area (Å²) < 4.78 is 0. The molecule has 0 saturated carbocycles. The maximum atomic E-state index is 8.34. The topological polar surface area (TPSA) is 32.3 Å². The number of nitrogens with one attached hydrogen (secondary N) is 1. The van der Waals surface area contributed by atoms with Gasteiger partial charge in [-0.3, -0.25) is 5.32 Å². The van der Waals surface area contributed by atoms with Crippen LogP contribution in [0.3, 0.4) is 0 Å². The van der Waals surface area contributed by atoms with Crippen molar-refractivity contribution in [3.8, 4) is 0 Å². The van der Waals surface area contributed by atoms with Crippen LogP contribution in [0.25, 0.3) is 0 Å². The molecule has 0 radical (unpaired) electrons. The Balaban J connectivity index is 0.000000250. The highest BCUT2D eigenvalue weighted by molar-refractivity contribution is 5.85. The smallest absolute Gasteiger partial charge is 0.106 e. The summed E-state index contributed by atoms with van der Waals surface area (Å²) in [6, 6.07) is 0. The van der Waals surface area contributed by atoms with Crippen molar-refractivity contribution in [2.24, 2.45) is 0 Å². The first-order valence-electron chi connectivity index (χ1n) is 1.81. The lowest BCUT2D eigenvalue weighted by atomic mass is 10.3. The Morgan fingerprint density at radius 3 is 2.00 bits per heavy atom. The molecular formula is C3H8ClNO. The number of hydrogen-bond acceptors (Lipinski definition) is 2. The van der Waals surface area contributed by atoms with E-state index >= 15 is 0 Å². The Morgan fingerprint density at radius 2 is 2.00 bits per heavy atom. The standard InChI is InChI=1S/C3H7NO.ClH/c5-3-1-2-4-3;/h3-5H,1-2H2;1H. The summed E-state index contributed by atoms with van der Waals surface area (Å²) >= 11 is 0. The summed E-state index contributed by atoms with van der Waals surface area (Å²) in [6.45, 7) is 0.987. The summed E-state index contributed by atoms with van der Waals surface area (Å²) in [5, 5.41) is 11.1. The summed E-state index contributed by atoms with van der Waals surface area (Å²) in [7, 11) is 0. The molecule has 0 aromatic rings. The van der Waals surface area contributed by atoms with Crippen molar-refractivity contribution in [3.05, 3.63) is 0 Å². The van der Waals surface area contributed by atoms with E-state index in [1.807, 2.05) is 0 Å². The minimum Gasteiger partial charge on any atom is -0.379 e. The Morgan fingerprint density at radius 1 is 1.67 bits per heavy atom. The van der Waals surface area contributed by atoms with Gasteiger partial charge in [0.2, 0.25) is 0 Å². The summed E-state index contributed by atoms with van der Waals surface area (Å²) in [4.78, 5) is 0. The molecule has 1 fully saturated rings. The van der Waals surface area contributed by atoms with Crippen molar-refractivity contribution >= 4 is 12.4 Å². The van der Waals surface area contributed by atoms with Crippen LogP contribution in [0.5, 0.6) is 0 Å². The minimum absolute atomic E-state index is 0. The van der Waals surface area contributed by atoms with Gasteiger partial charge in [-0.25, -0.2) is 0 Å². The molecule has 6 heavy (non-hydrogen) atoms. The van der Waals surface area contributed by atoms with Crippen LogP contribution in [0.15, 0.2) is 0 Å². The first kappa shape index (κ1) is 6.21. The molecule has 1 aliphatic heterocycles. The molecule has 0 bridgehead atoms. The van der Waals surface area contributed by atoms with Crippen molar-refractivity contribution in [2.45, 2.75) is 12.6 Å². The second-order valence-electron chi connectivity index (χ2n) is 1.26. The molecule has 0 aliphatic carbocycles. The highest BCUT2D eigenvalue weighted by Crippen LogP contribution is 1.93. The van der Waals surface area contributed by atoms with Gasteiger partial charge in [0.1, 0.15) is 6.23 Å². The third-order valence-electron chi connectivity index (χ3n) is 0.798. The molecule has 1 unspecified atom stereocenters. The molecule has 1 rings (SSSR count). The van der Waals surface area contributed by atoms with Crippen LogP contribution in [0.1, 0.15) is 6.42 Å². The van der Waals surface area contributed by atoms with Gasteiger partial charge in [0.05, 0.1) is 0 Å². The summed E-state index contributed by atoms with van der Waals surface area (Å²) in [6.07, 6.45) is 0.745. The quantitative estimate of drug-likeness (QED) is 0.449. The zero-order valence-electron chi connectivity index (χ0n) is 3.35. The van der Waals surface area contributed by atoms with Crippen molar-refractivity contribution in [1.29, 1.82) is 0 Å². The maximum absolute atomic E-state index is 8.34. The normalized spacial score (nSPS) is 30.5. The van der Waals surface area contributed by atoms with E-state index in [1.165, 1.54) is 0 Å². The van der Waals surface area contributed by atoms with Crippen molar-refractivity contribution in [2.75, 3.05) is 6.54 Å². The number of aliphatic hydroxyl groups excluding tert-OH is 1. The molecule has 2 N–H and O–H groups in total. The minimum atomic E-state index is -0.185. The molecule has 1 heterocycles. The number of rotatable bonds is 0. The van der Waals surface area contributed by atoms with Crippen LogP contribution in [-0.4, -0.2) is 17.9 Å². The number of halogens is 1. The van der Waals surface area contributed by atoms with Gasteiger partial charge >= 0.3 is 0 Å². The Kier molecular flexibility index (Phi) is 2.48. The van der Waals surface area contributed by atoms with Gasteiger partial charge in [-0.05, 0) is 6.42 Å². The highest BCUT2D eigenvalue weighted by atomic mass is 35.5. The Bertz CT molecular complexity index is 37.8. The molecule has 38 valence electrons. The Labute approximate surface area is 43.0 Å². The van der Waals surface area contributed by atoms with Gasteiger partial charge in [-0.1, -0.05) is 0 Å². The molecule has 1 aliphatic rings. The van der Waals surface area contributed by atoms with Crippen LogP contribution < -0.4 is 5.32 Å². The van der Waals surface area contributed by atoms with E-state index in [4.69, 9.17) is 5.11 Å². The molecule has 2 nitrogen and oxygen atoms in total. The predicted molar refractivity (Wildman–Crippen MR) is 25.9 cm³/mol. The fraction of sp³-hybridized carbons (Fsp3) is 1.00. The van der Waals surface area contributed by atoms with Gasteiger partial charge in [0.15, 0.2) is 0 Å². The van der Waals surface area contributed by atoms with E-state index < -0.39 is 0 Å². The van der Waals surface area contributed by atoms with E-state index in [-0.39, 0.29) is 18.6 Å².